The Bertz CT molecular complexity index is 1710. The Balaban J connectivity index is 1.82. The highest BCUT2D eigenvalue weighted by Gasteiger charge is 2.35. The Morgan fingerprint density at radius 1 is 0.867 bits per heavy atom. The molecular weight excluding hydrogens is 633 g/mol. The smallest absolute Gasteiger partial charge is 0.264 e. The average Bonchev–Trinajstić information content (AvgIpc) is 3.05. The van der Waals surface area contributed by atoms with Crippen LogP contribution in [0.4, 0.5) is 5.69 Å². The minimum Gasteiger partial charge on any atom is -0.495 e. The fourth-order valence-corrected chi connectivity index (χ4v) is 6.66. The number of hydrogen-bond donors (Lipinski definition) is 1. The van der Waals surface area contributed by atoms with Crippen LogP contribution in [-0.2, 0) is 32.6 Å². The van der Waals surface area contributed by atoms with Gasteiger partial charge in [0.05, 0.1) is 22.7 Å². The van der Waals surface area contributed by atoms with Gasteiger partial charge in [-0.25, -0.2) is 8.42 Å². The normalized spacial score (nSPS) is 11.8. The maximum atomic E-state index is 14.5. The fourth-order valence-electron chi connectivity index (χ4n) is 4.79. The fraction of sp³-hybridized carbons (Fsp3) is 0.235. The summed E-state index contributed by atoms with van der Waals surface area (Å²) in [6.07, 6.45) is 0.899. The molecule has 0 saturated carbocycles. The summed E-state index contributed by atoms with van der Waals surface area (Å²) in [5.41, 5.74) is 1.60. The maximum Gasteiger partial charge on any atom is 0.264 e. The highest BCUT2D eigenvalue weighted by Crippen LogP contribution is 2.32. The van der Waals surface area contributed by atoms with Crippen molar-refractivity contribution < 1.29 is 22.7 Å². The van der Waals surface area contributed by atoms with Crippen molar-refractivity contribution in [2.45, 2.75) is 37.2 Å². The van der Waals surface area contributed by atoms with E-state index in [1.807, 2.05) is 37.3 Å². The summed E-state index contributed by atoms with van der Waals surface area (Å²) in [7, 11) is -2.81. The second-order valence-electron chi connectivity index (χ2n) is 10.3. The molecule has 236 valence electrons. The predicted octanol–water partition coefficient (Wildman–Crippen LogP) is 6.36. The Kier molecular flexibility index (Phi) is 11.9. The van der Waals surface area contributed by atoms with E-state index in [9.17, 15) is 18.0 Å². The summed E-state index contributed by atoms with van der Waals surface area (Å²) in [6.45, 7) is 1.71. The van der Waals surface area contributed by atoms with Gasteiger partial charge in [0.25, 0.3) is 10.0 Å². The zero-order valence-corrected chi connectivity index (χ0v) is 27.4. The van der Waals surface area contributed by atoms with E-state index >= 15 is 0 Å². The quantitative estimate of drug-likeness (QED) is 0.169. The van der Waals surface area contributed by atoms with Crippen molar-refractivity contribution in [1.82, 2.24) is 10.2 Å². The molecule has 0 radical (unpaired) electrons. The van der Waals surface area contributed by atoms with E-state index in [1.54, 1.807) is 42.5 Å². The van der Waals surface area contributed by atoms with E-state index in [4.69, 9.17) is 27.9 Å². The molecule has 4 aromatic rings. The highest BCUT2D eigenvalue weighted by molar-refractivity contribution is 7.92. The number of rotatable bonds is 14. The summed E-state index contributed by atoms with van der Waals surface area (Å²) >= 11 is 12.9. The van der Waals surface area contributed by atoms with Gasteiger partial charge >= 0.3 is 0 Å². The van der Waals surface area contributed by atoms with Gasteiger partial charge in [-0.15, -0.1) is 0 Å². The standard InChI is InChI=1S/C34H35Cl2N3O5S/c1-3-20-37-34(41)31(21-25-12-6-4-7-13-25)38(23-26-14-10-11-17-29(26)35)33(40)24-39(27-18-19-32(44-2)30(36)22-27)45(42,43)28-15-8-5-9-16-28/h4-19,22,31H,3,20-21,23-24H2,1-2H3,(H,37,41)/t31-/m1/s1. The molecule has 4 aromatic carbocycles. The van der Waals surface area contributed by atoms with Crippen LogP contribution in [0.3, 0.4) is 0 Å². The third-order valence-electron chi connectivity index (χ3n) is 7.15. The molecule has 0 fully saturated rings. The summed E-state index contributed by atoms with van der Waals surface area (Å²) in [4.78, 5) is 29.6. The predicted molar refractivity (Wildman–Crippen MR) is 178 cm³/mol. The molecule has 0 spiro atoms. The monoisotopic (exact) mass is 667 g/mol. The Morgan fingerprint density at radius 3 is 2.13 bits per heavy atom. The topological polar surface area (TPSA) is 96.0 Å². The van der Waals surface area contributed by atoms with E-state index in [1.165, 1.54) is 42.3 Å². The first-order valence-electron chi connectivity index (χ1n) is 14.4. The number of nitrogens with zero attached hydrogens (tertiary/aromatic N) is 2. The Labute approximate surface area is 274 Å². The lowest BCUT2D eigenvalue weighted by atomic mass is 10.0. The third kappa shape index (κ3) is 8.57. The molecule has 0 aliphatic rings. The summed E-state index contributed by atoms with van der Waals surface area (Å²) in [6, 6.07) is 27.7. The first-order chi connectivity index (χ1) is 21.6. The largest absolute Gasteiger partial charge is 0.495 e. The molecule has 0 heterocycles. The van der Waals surface area contributed by atoms with Crippen molar-refractivity contribution in [3.8, 4) is 5.75 Å². The van der Waals surface area contributed by atoms with Crippen LogP contribution in [0.1, 0.15) is 24.5 Å². The Hall–Kier alpha value is -4.05. The zero-order chi connectivity index (χ0) is 32.4. The number of carbonyl (C=O) groups is 2. The number of benzene rings is 4. The molecule has 1 N–H and O–H groups in total. The van der Waals surface area contributed by atoms with Crippen LogP contribution in [0.25, 0.3) is 0 Å². The van der Waals surface area contributed by atoms with Gasteiger partial charge < -0.3 is 15.0 Å². The van der Waals surface area contributed by atoms with Gasteiger partial charge in [-0.3, -0.25) is 13.9 Å². The van der Waals surface area contributed by atoms with Crippen molar-refractivity contribution in [3.63, 3.8) is 0 Å². The third-order valence-corrected chi connectivity index (χ3v) is 9.60. The molecule has 1 atom stereocenters. The van der Waals surface area contributed by atoms with Crippen LogP contribution in [0.15, 0.2) is 108 Å². The van der Waals surface area contributed by atoms with Crippen LogP contribution in [0, 0.1) is 0 Å². The lowest BCUT2D eigenvalue weighted by Crippen LogP contribution is -2.53. The van der Waals surface area contributed by atoms with Gasteiger partial charge in [0, 0.05) is 24.5 Å². The number of methoxy groups -OCH3 is 1. The van der Waals surface area contributed by atoms with E-state index < -0.39 is 28.5 Å². The van der Waals surface area contributed by atoms with Crippen molar-refractivity contribution in [3.05, 3.63) is 124 Å². The molecule has 0 aromatic heterocycles. The molecule has 0 aliphatic heterocycles. The SMILES string of the molecule is CCCNC(=O)[C@@H](Cc1ccccc1)N(Cc1ccccc1Cl)C(=O)CN(c1ccc(OC)c(Cl)c1)S(=O)(=O)c1ccccc1. The number of hydrogen-bond acceptors (Lipinski definition) is 5. The van der Waals surface area contributed by atoms with Crippen LogP contribution < -0.4 is 14.4 Å². The minimum atomic E-state index is -4.26. The van der Waals surface area contributed by atoms with E-state index in [2.05, 4.69) is 5.32 Å². The number of halogens is 2. The van der Waals surface area contributed by atoms with Crippen molar-refractivity contribution >= 4 is 50.7 Å². The minimum absolute atomic E-state index is 0.0103. The average molecular weight is 669 g/mol. The van der Waals surface area contributed by atoms with Gasteiger partial charge in [-0.1, -0.05) is 96.9 Å². The van der Waals surface area contributed by atoms with Crippen LogP contribution in [0.5, 0.6) is 5.75 Å². The van der Waals surface area contributed by atoms with Gasteiger partial charge in [0.1, 0.15) is 18.3 Å². The highest BCUT2D eigenvalue weighted by atomic mass is 35.5. The van der Waals surface area contributed by atoms with Gasteiger partial charge in [0.2, 0.25) is 11.8 Å². The molecule has 4 rings (SSSR count). The number of nitrogens with one attached hydrogen (secondary N) is 1. The van der Waals surface area contributed by atoms with E-state index in [0.29, 0.717) is 29.3 Å². The molecular formula is C34H35Cl2N3O5S. The number of amides is 2. The lowest BCUT2D eigenvalue weighted by molar-refractivity contribution is -0.140. The molecule has 8 nitrogen and oxygen atoms in total. The molecule has 0 saturated heterocycles. The molecule has 11 heteroatoms. The molecule has 2 amide bonds. The second kappa shape index (κ2) is 15.8. The van der Waals surface area contributed by atoms with Gasteiger partial charge in [-0.05, 0) is 53.9 Å². The summed E-state index contributed by atoms with van der Waals surface area (Å²) in [5, 5.41) is 3.51. The number of anilines is 1. The summed E-state index contributed by atoms with van der Waals surface area (Å²) < 4.78 is 34.4. The van der Waals surface area contributed by atoms with Crippen LogP contribution >= 0.6 is 23.2 Å². The van der Waals surface area contributed by atoms with E-state index in [0.717, 1.165) is 9.87 Å². The molecule has 0 aliphatic carbocycles. The first kappa shape index (κ1) is 33.8. The number of carbonyl (C=O) groups excluding carboxylic acids is 2. The number of sulfonamides is 1. The molecule has 45 heavy (non-hydrogen) atoms. The Morgan fingerprint density at radius 2 is 1.51 bits per heavy atom. The van der Waals surface area contributed by atoms with Gasteiger partial charge in [-0.2, -0.15) is 0 Å². The van der Waals surface area contributed by atoms with Crippen LogP contribution in [-0.4, -0.2) is 51.4 Å². The molecule has 0 bridgehead atoms. The second-order valence-corrected chi connectivity index (χ2v) is 12.9. The lowest BCUT2D eigenvalue weighted by Gasteiger charge is -2.34. The molecule has 0 unspecified atom stereocenters. The van der Waals surface area contributed by atoms with Crippen LogP contribution in [0.2, 0.25) is 10.0 Å². The van der Waals surface area contributed by atoms with E-state index in [-0.39, 0.29) is 34.5 Å². The van der Waals surface area contributed by atoms with Gasteiger partial charge in [0.15, 0.2) is 0 Å². The zero-order valence-electron chi connectivity index (χ0n) is 25.0. The maximum absolute atomic E-state index is 14.5. The summed E-state index contributed by atoms with van der Waals surface area (Å²) in [5.74, 6) is -0.611. The van der Waals surface area contributed by atoms with Crippen molar-refractivity contribution in [2.75, 3.05) is 24.5 Å². The number of ether oxygens (including phenoxy) is 1. The first-order valence-corrected chi connectivity index (χ1v) is 16.6. The van der Waals surface area contributed by atoms with Crippen molar-refractivity contribution in [2.24, 2.45) is 0 Å². The van der Waals surface area contributed by atoms with Crippen molar-refractivity contribution in [1.29, 1.82) is 0 Å².